The molecule has 0 atom stereocenters. The number of hydrogen-bond acceptors (Lipinski definition) is 3. The fourth-order valence-corrected chi connectivity index (χ4v) is 1.18. The van der Waals surface area contributed by atoms with E-state index in [0.29, 0.717) is 11.8 Å². The van der Waals surface area contributed by atoms with Crippen LogP contribution >= 0.6 is 31.5 Å². The summed E-state index contributed by atoms with van der Waals surface area (Å²) in [5, 5.41) is 0. The molecule has 6 heteroatoms. The van der Waals surface area contributed by atoms with E-state index in [1.165, 1.54) is 0 Å². The van der Waals surface area contributed by atoms with Gasteiger partial charge in [0.2, 0.25) is 0 Å². The molecule has 72 valence electrons. The molecular weight excluding hydrogens is 222 g/mol. The van der Waals surface area contributed by atoms with Crippen LogP contribution < -0.4 is 0 Å². The predicted molar refractivity (Wildman–Crippen MR) is 52.2 cm³/mol. The van der Waals surface area contributed by atoms with Gasteiger partial charge in [0, 0.05) is 4.57 Å². The second-order valence-electron chi connectivity index (χ2n) is 1.27. The molecule has 0 bridgehead atoms. The van der Waals surface area contributed by atoms with Gasteiger partial charge in [0.1, 0.15) is 13.2 Å². The molecule has 3 nitrogen and oxygen atoms in total. The van der Waals surface area contributed by atoms with Gasteiger partial charge in [-0.2, -0.15) is 0 Å². The van der Waals surface area contributed by atoms with Crippen LogP contribution in [0.15, 0.2) is 13.2 Å². The highest BCUT2D eigenvalue weighted by Gasteiger charge is 2.18. The Balaban J connectivity index is 0. The Morgan fingerprint density at radius 3 is 1.67 bits per heavy atom. The summed E-state index contributed by atoms with van der Waals surface area (Å²) in [4.78, 5) is 0. The van der Waals surface area contributed by atoms with Crippen LogP contribution in [0.2, 0.25) is 0 Å². The summed E-state index contributed by atoms with van der Waals surface area (Å²) in [6, 6.07) is 0. The van der Waals surface area contributed by atoms with Crippen LogP contribution in [0, 0.1) is 0 Å². The van der Waals surface area contributed by atoms with Crippen LogP contribution in [0.3, 0.4) is 0 Å². The monoisotopic (exact) mass is 233 g/mol. The SMILES string of the molecule is C=C.O=[P+](OCCCl)OCCCl. The molecule has 0 spiro atoms. The van der Waals surface area contributed by atoms with Gasteiger partial charge >= 0.3 is 8.25 Å². The Hall–Kier alpha value is 0.340. The molecule has 0 aliphatic heterocycles. The van der Waals surface area contributed by atoms with Gasteiger partial charge in [0.05, 0.1) is 11.8 Å². The molecule has 0 amide bonds. The van der Waals surface area contributed by atoms with Crippen molar-refractivity contribution in [2.24, 2.45) is 0 Å². The molecule has 0 unspecified atom stereocenters. The fraction of sp³-hybridized carbons (Fsp3) is 0.667. The molecule has 0 fully saturated rings. The molecule has 0 aromatic rings. The average Bonchev–Trinajstić information content (AvgIpc) is 2.14. The number of alkyl halides is 2. The van der Waals surface area contributed by atoms with Crippen LogP contribution in [0.25, 0.3) is 0 Å². The Labute approximate surface area is 83.6 Å². The van der Waals surface area contributed by atoms with E-state index >= 15 is 0 Å². The first-order chi connectivity index (χ1) is 5.81. The second kappa shape index (κ2) is 13.9. The first-order valence-corrected chi connectivity index (χ1v) is 5.32. The fourth-order valence-electron chi connectivity index (χ4n) is 0.255. The van der Waals surface area contributed by atoms with Crippen molar-refractivity contribution < 1.29 is 13.6 Å². The Morgan fingerprint density at radius 1 is 1.08 bits per heavy atom. The van der Waals surface area contributed by atoms with E-state index in [1.807, 2.05) is 0 Å². The molecule has 0 aliphatic rings. The first-order valence-electron chi connectivity index (χ1n) is 3.16. The molecule has 0 N–H and O–H groups in total. The quantitative estimate of drug-likeness (QED) is 0.402. The molecule has 0 aromatic heterocycles. The molecular formula is C6H12Cl2O3P+. The smallest absolute Gasteiger partial charge is 0.124 e. The maximum atomic E-state index is 10.5. The van der Waals surface area contributed by atoms with E-state index in [9.17, 15) is 4.57 Å². The largest absolute Gasteiger partial charge is 0.697 e. The lowest BCUT2D eigenvalue weighted by Crippen LogP contribution is -1.91. The molecule has 0 saturated heterocycles. The van der Waals surface area contributed by atoms with Crippen LogP contribution in [0.5, 0.6) is 0 Å². The summed E-state index contributed by atoms with van der Waals surface area (Å²) in [6.07, 6.45) is 0. The van der Waals surface area contributed by atoms with Crippen molar-refractivity contribution in [1.82, 2.24) is 0 Å². The Bertz CT molecular complexity index is 103. The Kier molecular flexibility index (Phi) is 17.2. The van der Waals surface area contributed by atoms with Crippen molar-refractivity contribution in [2.45, 2.75) is 0 Å². The predicted octanol–water partition coefficient (Wildman–Crippen LogP) is 2.96. The molecule has 0 radical (unpaired) electrons. The molecule has 0 rings (SSSR count). The number of hydrogen-bond donors (Lipinski definition) is 0. The highest BCUT2D eigenvalue weighted by Crippen LogP contribution is 2.22. The summed E-state index contributed by atoms with van der Waals surface area (Å²) in [6.45, 7) is 6.47. The van der Waals surface area contributed by atoms with Gasteiger partial charge in [-0.1, -0.05) is 0 Å². The summed E-state index contributed by atoms with van der Waals surface area (Å²) in [5.74, 6) is 0.622. The maximum absolute atomic E-state index is 10.5. The minimum atomic E-state index is -2.01. The highest BCUT2D eigenvalue weighted by molar-refractivity contribution is 7.33. The van der Waals surface area contributed by atoms with E-state index in [-0.39, 0.29) is 13.2 Å². The van der Waals surface area contributed by atoms with E-state index < -0.39 is 8.25 Å². The van der Waals surface area contributed by atoms with Gasteiger partial charge < -0.3 is 0 Å². The van der Waals surface area contributed by atoms with Gasteiger partial charge in [-0.15, -0.1) is 45.4 Å². The van der Waals surface area contributed by atoms with Crippen LogP contribution in [0.1, 0.15) is 0 Å². The maximum Gasteiger partial charge on any atom is 0.697 e. The molecule has 12 heavy (non-hydrogen) atoms. The Morgan fingerprint density at radius 2 is 1.42 bits per heavy atom. The van der Waals surface area contributed by atoms with Crippen LogP contribution in [0.4, 0.5) is 0 Å². The zero-order chi connectivity index (χ0) is 9.82. The van der Waals surface area contributed by atoms with Crippen molar-refractivity contribution >= 4 is 31.5 Å². The van der Waals surface area contributed by atoms with Crippen molar-refractivity contribution in [2.75, 3.05) is 25.0 Å². The van der Waals surface area contributed by atoms with Gasteiger partial charge in [-0.05, 0) is 0 Å². The third-order valence-electron chi connectivity index (χ3n) is 0.548. The molecule has 0 heterocycles. The lowest BCUT2D eigenvalue weighted by molar-refractivity contribution is 0.245. The van der Waals surface area contributed by atoms with E-state index in [0.717, 1.165) is 0 Å². The van der Waals surface area contributed by atoms with E-state index in [1.54, 1.807) is 0 Å². The van der Waals surface area contributed by atoms with Crippen molar-refractivity contribution in [3.05, 3.63) is 13.2 Å². The number of rotatable bonds is 6. The number of halogens is 2. The summed E-state index contributed by atoms with van der Waals surface area (Å²) < 4.78 is 19.7. The van der Waals surface area contributed by atoms with Crippen molar-refractivity contribution in [1.29, 1.82) is 0 Å². The molecule has 0 aromatic carbocycles. The van der Waals surface area contributed by atoms with Crippen LogP contribution in [-0.4, -0.2) is 25.0 Å². The zero-order valence-electron chi connectivity index (χ0n) is 6.67. The van der Waals surface area contributed by atoms with Gasteiger partial charge in [-0.3, -0.25) is 0 Å². The summed E-state index contributed by atoms with van der Waals surface area (Å²) in [7, 11) is -2.01. The van der Waals surface area contributed by atoms with Gasteiger partial charge in [-0.25, -0.2) is 0 Å². The highest BCUT2D eigenvalue weighted by atomic mass is 35.5. The lowest BCUT2D eigenvalue weighted by atomic mass is 10.9. The van der Waals surface area contributed by atoms with Crippen molar-refractivity contribution in [3.63, 3.8) is 0 Å². The van der Waals surface area contributed by atoms with Gasteiger partial charge in [0.25, 0.3) is 0 Å². The topological polar surface area (TPSA) is 35.5 Å². The minimum Gasteiger partial charge on any atom is -0.124 e. The van der Waals surface area contributed by atoms with E-state index in [2.05, 4.69) is 22.2 Å². The lowest BCUT2D eigenvalue weighted by Gasteiger charge is -1.84. The summed E-state index contributed by atoms with van der Waals surface area (Å²) in [5.41, 5.74) is 0. The minimum absolute atomic E-state index is 0.235. The third kappa shape index (κ3) is 13.0. The first kappa shape index (κ1) is 14.8. The van der Waals surface area contributed by atoms with Crippen molar-refractivity contribution in [3.8, 4) is 0 Å². The second-order valence-corrected chi connectivity index (χ2v) is 2.99. The van der Waals surface area contributed by atoms with Crippen LogP contribution in [-0.2, 0) is 13.6 Å². The molecule has 0 aliphatic carbocycles. The zero-order valence-corrected chi connectivity index (χ0v) is 9.08. The third-order valence-corrected chi connectivity index (χ3v) is 1.64. The summed E-state index contributed by atoms with van der Waals surface area (Å²) >= 11 is 10.5. The average molecular weight is 234 g/mol. The molecule has 0 saturated carbocycles. The normalized spacial score (nSPS) is 8.50. The van der Waals surface area contributed by atoms with E-state index in [4.69, 9.17) is 23.2 Å². The standard InChI is InChI=1S/C4H8Cl2O3P.C2H4/c5-1-3-8-10(7)9-4-2-6;1-2/h1-4H2;1-2H2/q+1;. The van der Waals surface area contributed by atoms with Gasteiger partial charge in [0.15, 0.2) is 0 Å².